The van der Waals surface area contributed by atoms with Gasteiger partial charge in [0, 0.05) is 6.54 Å². The lowest BCUT2D eigenvalue weighted by atomic mass is 10.2. The lowest BCUT2D eigenvalue weighted by molar-refractivity contribution is -0.123. The minimum absolute atomic E-state index is 0.0876. The second kappa shape index (κ2) is 10.2. The number of hydrogen-bond donors (Lipinski definition) is 1. The molecular formula is C20H25NO5. The van der Waals surface area contributed by atoms with E-state index in [2.05, 4.69) is 5.32 Å². The highest BCUT2D eigenvalue weighted by molar-refractivity contribution is 5.77. The molecule has 0 aliphatic carbocycles. The molecule has 0 aromatic heterocycles. The Morgan fingerprint density at radius 3 is 2.23 bits per heavy atom. The van der Waals surface area contributed by atoms with Crippen LogP contribution in [0.15, 0.2) is 42.5 Å². The molecule has 0 spiro atoms. The van der Waals surface area contributed by atoms with Crippen LogP contribution in [0, 0.1) is 0 Å². The van der Waals surface area contributed by atoms with Crippen LogP contribution in [-0.4, -0.2) is 32.8 Å². The number of amides is 1. The van der Waals surface area contributed by atoms with E-state index < -0.39 is 0 Å². The average molecular weight is 359 g/mol. The van der Waals surface area contributed by atoms with Gasteiger partial charge in [-0.1, -0.05) is 18.2 Å². The Balaban J connectivity index is 1.89. The molecule has 0 atom stereocenters. The van der Waals surface area contributed by atoms with Gasteiger partial charge in [0.15, 0.2) is 29.6 Å². The summed E-state index contributed by atoms with van der Waals surface area (Å²) < 4.78 is 21.8. The third-order valence-corrected chi connectivity index (χ3v) is 3.53. The topological polar surface area (TPSA) is 66.0 Å². The predicted octanol–water partition coefficient (Wildman–Crippen LogP) is 3.19. The molecule has 0 bridgehead atoms. The zero-order valence-corrected chi connectivity index (χ0v) is 15.4. The van der Waals surface area contributed by atoms with Gasteiger partial charge in [-0.2, -0.15) is 0 Å². The monoisotopic (exact) mass is 359 g/mol. The second-order valence-corrected chi connectivity index (χ2v) is 5.36. The smallest absolute Gasteiger partial charge is 0.258 e. The molecule has 2 rings (SSSR count). The van der Waals surface area contributed by atoms with E-state index in [0.717, 1.165) is 5.56 Å². The Labute approximate surface area is 154 Å². The summed E-state index contributed by atoms with van der Waals surface area (Å²) in [6.45, 7) is 5.24. The summed E-state index contributed by atoms with van der Waals surface area (Å²) in [6, 6.07) is 12.8. The molecule has 0 aliphatic heterocycles. The first kappa shape index (κ1) is 19.4. The van der Waals surface area contributed by atoms with Gasteiger partial charge in [0.05, 0.1) is 20.3 Å². The highest BCUT2D eigenvalue weighted by Gasteiger charge is 2.09. The zero-order valence-electron chi connectivity index (χ0n) is 15.4. The Hall–Kier alpha value is -2.89. The van der Waals surface area contributed by atoms with Crippen molar-refractivity contribution in [3.63, 3.8) is 0 Å². The Kier molecular flexibility index (Phi) is 7.61. The van der Waals surface area contributed by atoms with Gasteiger partial charge < -0.3 is 24.3 Å². The third kappa shape index (κ3) is 5.58. The first-order valence-electron chi connectivity index (χ1n) is 8.59. The molecule has 1 N–H and O–H groups in total. The summed E-state index contributed by atoms with van der Waals surface area (Å²) >= 11 is 0. The SMILES string of the molecule is CCOc1ccc(CNC(=O)COc2ccccc2OC)cc1OCC. The average Bonchev–Trinajstić information content (AvgIpc) is 2.67. The van der Waals surface area contributed by atoms with Crippen LogP contribution >= 0.6 is 0 Å². The highest BCUT2D eigenvalue weighted by Crippen LogP contribution is 2.28. The Bertz CT molecular complexity index is 717. The number of carbonyl (C=O) groups excluding carboxylic acids is 1. The number of benzene rings is 2. The van der Waals surface area contributed by atoms with Crippen molar-refractivity contribution in [2.45, 2.75) is 20.4 Å². The lowest BCUT2D eigenvalue weighted by Crippen LogP contribution is -2.28. The van der Waals surface area contributed by atoms with Crippen LogP contribution in [0.3, 0.4) is 0 Å². The summed E-state index contributed by atoms with van der Waals surface area (Å²) in [4.78, 5) is 12.0. The normalized spacial score (nSPS) is 10.1. The van der Waals surface area contributed by atoms with Crippen molar-refractivity contribution >= 4 is 5.91 Å². The number of nitrogens with one attached hydrogen (secondary N) is 1. The van der Waals surface area contributed by atoms with Gasteiger partial charge in [-0.15, -0.1) is 0 Å². The van der Waals surface area contributed by atoms with Gasteiger partial charge in [-0.05, 0) is 43.7 Å². The van der Waals surface area contributed by atoms with Crippen molar-refractivity contribution in [1.29, 1.82) is 0 Å². The van der Waals surface area contributed by atoms with Crippen LogP contribution < -0.4 is 24.3 Å². The number of ether oxygens (including phenoxy) is 4. The number of para-hydroxylation sites is 2. The van der Waals surface area contributed by atoms with Gasteiger partial charge in [-0.25, -0.2) is 0 Å². The fraction of sp³-hybridized carbons (Fsp3) is 0.350. The Morgan fingerprint density at radius 1 is 0.885 bits per heavy atom. The summed E-state index contributed by atoms with van der Waals surface area (Å²) in [6.07, 6.45) is 0. The summed E-state index contributed by atoms with van der Waals surface area (Å²) in [7, 11) is 1.56. The number of hydrogen-bond acceptors (Lipinski definition) is 5. The summed E-state index contributed by atoms with van der Waals surface area (Å²) in [5.74, 6) is 2.27. The van der Waals surface area contributed by atoms with Gasteiger partial charge >= 0.3 is 0 Å². The van der Waals surface area contributed by atoms with Crippen molar-refractivity contribution in [3.8, 4) is 23.0 Å². The van der Waals surface area contributed by atoms with E-state index in [0.29, 0.717) is 42.8 Å². The van der Waals surface area contributed by atoms with Crippen molar-refractivity contribution in [3.05, 3.63) is 48.0 Å². The molecule has 140 valence electrons. The third-order valence-electron chi connectivity index (χ3n) is 3.53. The fourth-order valence-corrected chi connectivity index (χ4v) is 2.34. The molecule has 6 nitrogen and oxygen atoms in total. The molecule has 26 heavy (non-hydrogen) atoms. The molecule has 0 saturated carbocycles. The zero-order chi connectivity index (χ0) is 18.8. The molecule has 0 aliphatic rings. The molecule has 0 unspecified atom stereocenters. The van der Waals surface area contributed by atoms with Crippen LogP contribution in [0.5, 0.6) is 23.0 Å². The number of rotatable bonds is 10. The maximum absolute atomic E-state index is 12.0. The van der Waals surface area contributed by atoms with Crippen LogP contribution in [0.1, 0.15) is 19.4 Å². The fourth-order valence-electron chi connectivity index (χ4n) is 2.34. The first-order chi connectivity index (χ1) is 12.7. The maximum atomic E-state index is 12.0. The van der Waals surface area contributed by atoms with Gasteiger partial charge in [0.1, 0.15) is 0 Å². The maximum Gasteiger partial charge on any atom is 0.258 e. The molecule has 6 heteroatoms. The largest absolute Gasteiger partial charge is 0.493 e. The van der Waals surface area contributed by atoms with Gasteiger partial charge in [-0.3, -0.25) is 4.79 Å². The van der Waals surface area contributed by atoms with E-state index in [1.165, 1.54) is 0 Å². The minimum atomic E-state index is -0.220. The molecular weight excluding hydrogens is 334 g/mol. The van der Waals surface area contributed by atoms with Crippen molar-refractivity contribution in [2.24, 2.45) is 0 Å². The van der Waals surface area contributed by atoms with E-state index in [1.54, 1.807) is 19.2 Å². The molecule has 0 heterocycles. The summed E-state index contributed by atoms with van der Waals surface area (Å²) in [5, 5.41) is 2.83. The highest BCUT2D eigenvalue weighted by atomic mass is 16.5. The Morgan fingerprint density at radius 2 is 1.54 bits per heavy atom. The van der Waals surface area contributed by atoms with Crippen LogP contribution in [0.2, 0.25) is 0 Å². The van der Waals surface area contributed by atoms with Crippen molar-refractivity contribution < 1.29 is 23.7 Å². The van der Waals surface area contributed by atoms with Crippen molar-refractivity contribution in [1.82, 2.24) is 5.32 Å². The lowest BCUT2D eigenvalue weighted by Gasteiger charge is -2.13. The molecule has 0 saturated heterocycles. The van der Waals surface area contributed by atoms with E-state index in [-0.39, 0.29) is 12.5 Å². The molecule has 2 aromatic rings. The predicted molar refractivity (Wildman–Crippen MR) is 99.1 cm³/mol. The first-order valence-corrected chi connectivity index (χ1v) is 8.59. The van der Waals surface area contributed by atoms with E-state index in [4.69, 9.17) is 18.9 Å². The van der Waals surface area contributed by atoms with Crippen molar-refractivity contribution in [2.75, 3.05) is 26.9 Å². The van der Waals surface area contributed by atoms with E-state index in [9.17, 15) is 4.79 Å². The van der Waals surface area contributed by atoms with Crippen LogP contribution in [0.4, 0.5) is 0 Å². The number of methoxy groups -OCH3 is 1. The molecule has 2 aromatic carbocycles. The molecule has 1 amide bonds. The molecule has 0 radical (unpaired) electrons. The van der Waals surface area contributed by atoms with Gasteiger partial charge in [0.25, 0.3) is 5.91 Å². The second-order valence-electron chi connectivity index (χ2n) is 5.36. The van der Waals surface area contributed by atoms with E-state index >= 15 is 0 Å². The van der Waals surface area contributed by atoms with Gasteiger partial charge in [0.2, 0.25) is 0 Å². The number of carbonyl (C=O) groups is 1. The van der Waals surface area contributed by atoms with Crippen LogP contribution in [0.25, 0.3) is 0 Å². The molecule has 0 fully saturated rings. The van der Waals surface area contributed by atoms with E-state index in [1.807, 2.05) is 44.2 Å². The standard InChI is InChI=1S/C20H25NO5/c1-4-24-18-11-10-15(12-19(18)25-5-2)13-21-20(22)14-26-17-9-7-6-8-16(17)23-3/h6-12H,4-5,13-14H2,1-3H3,(H,21,22). The minimum Gasteiger partial charge on any atom is -0.493 e. The quantitative estimate of drug-likeness (QED) is 0.706. The summed E-state index contributed by atoms with van der Waals surface area (Å²) in [5.41, 5.74) is 0.919. The van der Waals surface area contributed by atoms with Crippen LogP contribution in [-0.2, 0) is 11.3 Å².